The van der Waals surface area contributed by atoms with Crippen LogP contribution in [0, 0.1) is 5.82 Å². The zero-order valence-electron chi connectivity index (χ0n) is 13.7. The fourth-order valence-corrected chi connectivity index (χ4v) is 2.35. The highest BCUT2D eigenvalue weighted by molar-refractivity contribution is 5.75. The van der Waals surface area contributed by atoms with Gasteiger partial charge in [0.1, 0.15) is 12.4 Å². The van der Waals surface area contributed by atoms with Crippen molar-refractivity contribution in [2.24, 2.45) is 0 Å². The van der Waals surface area contributed by atoms with Gasteiger partial charge in [0.15, 0.2) is 0 Å². The molecule has 27 heavy (non-hydrogen) atoms. The van der Waals surface area contributed by atoms with Crippen LogP contribution < -0.4 is 5.32 Å². The van der Waals surface area contributed by atoms with Crippen LogP contribution in [-0.2, 0) is 24.1 Å². The third-order valence-electron chi connectivity index (χ3n) is 3.64. The lowest BCUT2D eigenvalue weighted by molar-refractivity contribution is -0.138. The van der Waals surface area contributed by atoms with Crippen molar-refractivity contribution in [1.82, 2.24) is 25.5 Å². The molecule has 3 aromatic rings. The standard InChI is InChI=1S/C17H13F4N5O/c18-13-7-5-11(6-8-13)16-23-25-26(24-16)10-15(27)22-9-12-3-1-2-4-14(12)17(19,20)21/h1-8H,9-10H2,(H,22,27). The molecule has 0 aliphatic heterocycles. The first kappa shape index (κ1) is 18.5. The lowest BCUT2D eigenvalue weighted by Gasteiger charge is -2.13. The van der Waals surface area contributed by atoms with Crippen LogP contribution in [0.4, 0.5) is 17.6 Å². The van der Waals surface area contributed by atoms with Crippen molar-refractivity contribution in [3.8, 4) is 11.4 Å². The van der Waals surface area contributed by atoms with Gasteiger partial charge >= 0.3 is 6.18 Å². The van der Waals surface area contributed by atoms with Crippen LogP contribution >= 0.6 is 0 Å². The van der Waals surface area contributed by atoms with E-state index in [0.29, 0.717) is 5.56 Å². The third-order valence-corrected chi connectivity index (χ3v) is 3.64. The number of nitrogens with one attached hydrogen (secondary N) is 1. The molecule has 3 rings (SSSR count). The average Bonchev–Trinajstić information content (AvgIpc) is 3.08. The Bertz CT molecular complexity index is 937. The van der Waals surface area contributed by atoms with Crippen molar-refractivity contribution in [3.05, 3.63) is 65.5 Å². The number of tetrazole rings is 1. The molecule has 0 radical (unpaired) electrons. The van der Waals surface area contributed by atoms with Gasteiger partial charge in [0.2, 0.25) is 11.7 Å². The first-order valence-electron chi connectivity index (χ1n) is 7.78. The number of benzene rings is 2. The van der Waals surface area contributed by atoms with Crippen LogP contribution in [0.1, 0.15) is 11.1 Å². The Morgan fingerprint density at radius 3 is 2.48 bits per heavy atom. The SMILES string of the molecule is O=C(Cn1nnc(-c2ccc(F)cc2)n1)NCc1ccccc1C(F)(F)F. The lowest BCUT2D eigenvalue weighted by Crippen LogP contribution is -2.29. The van der Waals surface area contributed by atoms with E-state index in [1.54, 1.807) is 0 Å². The summed E-state index contributed by atoms with van der Waals surface area (Å²) in [6.07, 6.45) is -4.50. The molecule has 0 bridgehead atoms. The summed E-state index contributed by atoms with van der Waals surface area (Å²) in [6, 6.07) is 10.4. The second-order valence-electron chi connectivity index (χ2n) is 5.58. The first-order valence-corrected chi connectivity index (χ1v) is 7.78. The molecule has 10 heteroatoms. The van der Waals surface area contributed by atoms with Gasteiger partial charge in [-0.3, -0.25) is 4.79 Å². The maximum Gasteiger partial charge on any atom is 0.416 e. The summed E-state index contributed by atoms with van der Waals surface area (Å²) >= 11 is 0. The summed E-state index contributed by atoms with van der Waals surface area (Å²) in [5.74, 6) is -0.787. The van der Waals surface area contributed by atoms with Crippen molar-refractivity contribution in [2.45, 2.75) is 19.3 Å². The van der Waals surface area contributed by atoms with E-state index in [-0.39, 0.29) is 24.5 Å². The molecule has 6 nitrogen and oxygen atoms in total. The molecule has 2 aromatic carbocycles. The number of hydrogen-bond acceptors (Lipinski definition) is 4. The molecule has 1 aromatic heterocycles. The number of carbonyl (C=O) groups excluding carboxylic acids is 1. The molecule has 0 saturated carbocycles. The Labute approximate surface area is 150 Å². The molecule has 0 spiro atoms. The molecule has 1 heterocycles. The summed E-state index contributed by atoms with van der Waals surface area (Å²) in [5.41, 5.74) is -0.332. The van der Waals surface area contributed by atoms with Crippen molar-refractivity contribution in [1.29, 1.82) is 0 Å². The Kier molecular flexibility index (Phi) is 5.15. The molecule has 0 aliphatic carbocycles. The molecule has 140 valence electrons. The Morgan fingerprint density at radius 2 is 1.78 bits per heavy atom. The lowest BCUT2D eigenvalue weighted by atomic mass is 10.1. The number of halogens is 4. The maximum atomic E-state index is 12.9. The fraction of sp³-hybridized carbons (Fsp3) is 0.176. The summed E-state index contributed by atoms with van der Waals surface area (Å²) in [4.78, 5) is 13.0. The second-order valence-corrected chi connectivity index (χ2v) is 5.58. The van der Waals surface area contributed by atoms with Gasteiger partial charge in [-0.25, -0.2) is 4.39 Å². The van der Waals surface area contributed by atoms with E-state index in [0.717, 1.165) is 10.9 Å². The number of carbonyl (C=O) groups is 1. The highest BCUT2D eigenvalue weighted by atomic mass is 19.4. The van der Waals surface area contributed by atoms with Crippen LogP contribution in [0.25, 0.3) is 11.4 Å². The van der Waals surface area contributed by atoms with Crippen LogP contribution in [0.3, 0.4) is 0 Å². The van der Waals surface area contributed by atoms with E-state index in [4.69, 9.17) is 0 Å². The largest absolute Gasteiger partial charge is 0.416 e. The van der Waals surface area contributed by atoms with E-state index in [1.807, 2.05) is 0 Å². The van der Waals surface area contributed by atoms with E-state index in [2.05, 4.69) is 20.7 Å². The third kappa shape index (κ3) is 4.66. The van der Waals surface area contributed by atoms with E-state index in [1.165, 1.54) is 42.5 Å². The zero-order valence-corrected chi connectivity index (χ0v) is 13.7. The average molecular weight is 379 g/mol. The quantitative estimate of drug-likeness (QED) is 0.692. The molecule has 0 atom stereocenters. The molecule has 1 amide bonds. The van der Waals surface area contributed by atoms with Crippen molar-refractivity contribution in [3.63, 3.8) is 0 Å². The summed E-state index contributed by atoms with van der Waals surface area (Å²) in [6.45, 7) is -0.601. The molecular weight excluding hydrogens is 366 g/mol. The zero-order chi connectivity index (χ0) is 19.4. The second kappa shape index (κ2) is 7.52. The van der Waals surface area contributed by atoms with Gasteiger partial charge in [-0.15, -0.1) is 10.2 Å². The minimum atomic E-state index is -4.50. The van der Waals surface area contributed by atoms with Crippen molar-refractivity contribution >= 4 is 5.91 Å². The molecule has 0 saturated heterocycles. The molecule has 1 N–H and O–H groups in total. The van der Waals surface area contributed by atoms with Crippen LogP contribution in [0.2, 0.25) is 0 Å². The number of alkyl halides is 3. The number of aromatic nitrogens is 4. The minimum Gasteiger partial charge on any atom is -0.350 e. The van der Waals surface area contributed by atoms with Gasteiger partial charge in [-0.05, 0) is 41.1 Å². The van der Waals surface area contributed by atoms with Gasteiger partial charge in [0.25, 0.3) is 0 Å². The van der Waals surface area contributed by atoms with Crippen molar-refractivity contribution < 1.29 is 22.4 Å². The Hall–Kier alpha value is -3.30. The van der Waals surface area contributed by atoms with E-state index < -0.39 is 23.5 Å². The monoisotopic (exact) mass is 379 g/mol. The summed E-state index contributed by atoms with van der Waals surface area (Å²) < 4.78 is 51.7. The summed E-state index contributed by atoms with van der Waals surface area (Å²) in [7, 11) is 0. The van der Waals surface area contributed by atoms with Gasteiger partial charge in [-0.2, -0.15) is 18.0 Å². The van der Waals surface area contributed by atoms with Crippen LogP contribution in [-0.4, -0.2) is 26.1 Å². The fourth-order valence-electron chi connectivity index (χ4n) is 2.35. The number of rotatable bonds is 5. The minimum absolute atomic E-state index is 0.0445. The Balaban J connectivity index is 1.62. The molecule has 0 fully saturated rings. The molecule has 0 aliphatic rings. The van der Waals surface area contributed by atoms with E-state index in [9.17, 15) is 22.4 Å². The van der Waals surface area contributed by atoms with Gasteiger partial charge in [-0.1, -0.05) is 18.2 Å². The maximum absolute atomic E-state index is 12.9. The van der Waals surface area contributed by atoms with E-state index >= 15 is 0 Å². The molecule has 0 unspecified atom stereocenters. The number of hydrogen-bond donors (Lipinski definition) is 1. The first-order chi connectivity index (χ1) is 12.8. The van der Waals surface area contributed by atoms with Gasteiger partial charge < -0.3 is 5.32 Å². The van der Waals surface area contributed by atoms with Crippen LogP contribution in [0.15, 0.2) is 48.5 Å². The van der Waals surface area contributed by atoms with Crippen LogP contribution in [0.5, 0.6) is 0 Å². The van der Waals surface area contributed by atoms with Crippen molar-refractivity contribution in [2.75, 3.05) is 0 Å². The number of nitrogens with zero attached hydrogens (tertiary/aromatic N) is 4. The van der Waals surface area contributed by atoms with Gasteiger partial charge in [0, 0.05) is 12.1 Å². The Morgan fingerprint density at radius 1 is 1.07 bits per heavy atom. The summed E-state index contributed by atoms with van der Waals surface area (Å²) in [5, 5.41) is 13.9. The molecular formula is C17H13F4N5O. The predicted molar refractivity (Wildman–Crippen MR) is 86.5 cm³/mol. The normalized spacial score (nSPS) is 11.4. The number of amides is 1. The predicted octanol–water partition coefficient (Wildman–Crippen LogP) is 2.81. The highest BCUT2D eigenvalue weighted by Gasteiger charge is 2.32. The topological polar surface area (TPSA) is 72.7 Å². The smallest absolute Gasteiger partial charge is 0.350 e. The highest BCUT2D eigenvalue weighted by Crippen LogP contribution is 2.31. The van der Waals surface area contributed by atoms with Gasteiger partial charge in [0.05, 0.1) is 5.56 Å².